The molecule has 0 spiro atoms. The van der Waals surface area contributed by atoms with Gasteiger partial charge in [0.15, 0.2) is 0 Å². The van der Waals surface area contributed by atoms with Crippen LogP contribution >= 0.6 is 0 Å². The second kappa shape index (κ2) is 4.57. The van der Waals surface area contributed by atoms with E-state index in [1.807, 2.05) is 11.8 Å². The summed E-state index contributed by atoms with van der Waals surface area (Å²) in [5.74, 6) is 0.588. The van der Waals surface area contributed by atoms with Gasteiger partial charge in [-0.15, -0.1) is 0 Å². The van der Waals surface area contributed by atoms with Crippen molar-refractivity contribution in [3.8, 4) is 0 Å². The fraction of sp³-hybridized carbons (Fsp3) is 0.538. The maximum Gasteiger partial charge on any atom is 0.407 e. The van der Waals surface area contributed by atoms with Crippen molar-refractivity contribution in [2.45, 2.75) is 31.9 Å². The summed E-state index contributed by atoms with van der Waals surface area (Å²) in [6.07, 6.45) is -2.87. The molecule has 2 aliphatic heterocycles. The highest BCUT2D eigenvalue weighted by molar-refractivity contribution is 5.67. The smallest absolute Gasteiger partial charge is 0.407 e. The van der Waals surface area contributed by atoms with Gasteiger partial charge in [0.1, 0.15) is 11.5 Å². The summed E-state index contributed by atoms with van der Waals surface area (Å²) in [5.41, 5.74) is 0.691. The molecule has 0 saturated carbocycles. The van der Waals surface area contributed by atoms with Crippen molar-refractivity contribution in [2.75, 3.05) is 18.0 Å². The van der Waals surface area contributed by atoms with Gasteiger partial charge in [0.25, 0.3) is 6.43 Å². The highest BCUT2D eigenvalue weighted by Gasteiger charge is 2.40. The number of amides is 1. The Morgan fingerprint density at radius 3 is 2.85 bits per heavy atom. The van der Waals surface area contributed by atoms with Gasteiger partial charge in [0, 0.05) is 19.1 Å². The van der Waals surface area contributed by atoms with E-state index >= 15 is 0 Å². The molecule has 1 aromatic rings. The summed E-state index contributed by atoms with van der Waals surface area (Å²) in [5, 5.41) is 9.10. The second-order valence-electron chi connectivity index (χ2n) is 5.32. The fourth-order valence-corrected chi connectivity index (χ4v) is 3.13. The topological polar surface area (TPSA) is 56.7 Å². The molecule has 0 aromatic carbocycles. The number of piperazine rings is 1. The van der Waals surface area contributed by atoms with Crippen LogP contribution in [-0.2, 0) is 6.42 Å². The lowest BCUT2D eigenvalue weighted by molar-refractivity contribution is 0.128. The van der Waals surface area contributed by atoms with Crippen LogP contribution in [0.4, 0.5) is 19.4 Å². The number of anilines is 1. The van der Waals surface area contributed by atoms with Crippen molar-refractivity contribution in [3.05, 3.63) is 23.4 Å². The first-order chi connectivity index (χ1) is 9.47. The zero-order valence-electron chi connectivity index (χ0n) is 11.0. The van der Waals surface area contributed by atoms with Crippen molar-refractivity contribution in [1.29, 1.82) is 0 Å². The molecule has 0 radical (unpaired) electrons. The number of hydrogen-bond donors (Lipinski definition) is 1. The number of nitrogens with zero attached hydrogens (tertiary/aromatic N) is 3. The molecule has 3 rings (SSSR count). The summed E-state index contributed by atoms with van der Waals surface area (Å²) >= 11 is 0. The van der Waals surface area contributed by atoms with E-state index in [2.05, 4.69) is 4.98 Å². The first-order valence-electron chi connectivity index (χ1n) is 6.51. The van der Waals surface area contributed by atoms with E-state index in [1.165, 1.54) is 11.0 Å². The predicted octanol–water partition coefficient (Wildman–Crippen LogP) is 2.13. The fourth-order valence-electron chi connectivity index (χ4n) is 3.13. The Bertz CT molecular complexity index is 552. The molecule has 1 amide bonds. The molecule has 108 valence electrons. The summed E-state index contributed by atoms with van der Waals surface area (Å²) in [4.78, 5) is 18.5. The Morgan fingerprint density at radius 1 is 1.45 bits per heavy atom. The maximum atomic E-state index is 12.8. The second-order valence-corrected chi connectivity index (χ2v) is 5.32. The third-order valence-corrected chi connectivity index (χ3v) is 3.96. The molecule has 0 aliphatic carbocycles. The molecule has 1 saturated heterocycles. The van der Waals surface area contributed by atoms with E-state index in [0.717, 1.165) is 5.56 Å². The van der Waals surface area contributed by atoms with Crippen LogP contribution in [0.2, 0.25) is 0 Å². The minimum absolute atomic E-state index is 0.00901. The van der Waals surface area contributed by atoms with Crippen LogP contribution in [0.1, 0.15) is 24.6 Å². The Balaban J connectivity index is 1.92. The van der Waals surface area contributed by atoms with E-state index in [0.29, 0.717) is 25.3 Å². The van der Waals surface area contributed by atoms with Crippen LogP contribution in [-0.4, -0.2) is 46.3 Å². The van der Waals surface area contributed by atoms with E-state index < -0.39 is 12.5 Å². The van der Waals surface area contributed by atoms with E-state index in [1.54, 1.807) is 6.07 Å². The molecule has 20 heavy (non-hydrogen) atoms. The van der Waals surface area contributed by atoms with Gasteiger partial charge >= 0.3 is 6.09 Å². The number of pyridine rings is 1. The number of halogens is 2. The van der Waals surface area contributed by atoms with Gasteiger partial charge in [-0.2, -0.15) is 0 Å². The van der Waals surface area contributed by atoms with Gasteiger partial charge in [-0.25, -0.2) is 18.6 Å². The number of alkyl halides is 2. The molecule has 1 aromatic heterocycles. The average Bonchev–Trinajstić information content (AvgIpc) is 2.75. The van der Waals surface area contributed by atoms with Crippen molar-refractivity contribution in [2.24, 2.45) is 0 Å². The van der Waals surface area contributed by atoms with Gasteiger partial charge in [0.05, 0.1) is 6.04 Å². The number of carbonyl (C=O) groups is 1. The molecular formula is C13H15F2N3O2. The molecular weight excluding hydrogens is 268 g/mol. The van der Waals surface area contributed by atoms with Gasteiger partial charge in [-0.05, 0) is 25.0 Å². The lowest BCUT2D eigenvalue weighted by atomic mass is 10.1. The molecule has 1 N–H and O–H groups in total. The lowest BCUT2D eigenvalue weighted by Crippen LogP contribution is -2.58. The Labute approximate surface area is 114 Å². The number of carboxylic acid groups (broad SMARTS) is 1. The highest BCUT2D eigenvalue weighted by Crippen LogP contribution is 2.36. The Hall–Kier alpha value is -1.92. The van der Waals surface area contributed by atoms with Gasteiger partial charge in [0.2, 0.25) is 0 Å². The van der Waals surface area contributed by atoms with Crippen molar-refractivity contribution in [3.63, 3.8) is 0 Å². The van der Waals surface area contributed by atoms with Crippen molar-refractivity contribution in [1.82, 2.24) is 9.88 Å². The molecule has 3 heterocycles. The Morgan fingerprint density at radius 2 is 2.20 bits per heavy atom. The largest absolute Gasteiger partial charge is 0.465 e. The van der Waals surface area contributed by atoms with E-state index in [4.69, 9.17) is 5.11 Å². The molecule has 1 fully saturated rings. The third kappa shape index (κ3) is 1.97. The number of hydrogen-bond acceptors (Lipinski definition) is 3. The van der Waals surface area contributed by atoms with Crippen molar-refractivity contribution >= 4 is 11.9 Å². The molecule has 0 unspecified atom stereocenters. The molecule has 2 aliphatic rings. The third-order valence-electron chi connectivity index (χ3n) is 3.96. The first-order valence-corrected chi connectivity index (χ1v) is 6.51. The minimum Gasteiger partial charge on any atom is -0.465 e. The molecule has 7 heteroatoms. The van der Waals surface area contributed by atoms with E-state index in [-0.39, 0.29) is 17.8 Å². The standard InChI is InChI=1S/C13H15F2N3O2/c1-7-5-17(13(19)20)6-9-4-8-2-3-10(11(14)15)16-12(8)18(7)9/h2-3,7,9,11H,4-6H2,1H3,(H,19,20)/t7-,9-/m1/s1. The normalized spacial score (nSPS) is 24.8. The molecule has 5 nitrogen and oxygen atoms in total. The molecule has 2 atom stereocenters. The average molecular weight is 283 g/mol. The zero-order chi connectivity index (χ0) is 14.4. The number of rotatable bonds is 1. The van der Waals surface area contributed by atoms with Crippen LogP contribution < -0.4 is 4.90 Å². The maximum absolute atomic E-state index is 12.8. The summed E-state index contributed by atoms with van der Waals surface area (Å²) in [7, 11) is 0. The van der Waals surface area contributed by atoms with Crippen LogP contribution in [0.15, 0.2) is 12.1 Å². The SMILES string of the molecule is C[C@@H]1CN(C(=O)O)C[C@H]2Cc3ccc(C(F)F)nc3N21. The predicted molar refractivity (Wildman–Crippen MR) is 68.2 cm³/mol. The summed E-state index contributed by atoms with van der Waals surface area (Å²) in [6, 6.07) is 2.96. The van der Waals surface area contributed by atoms with Crippen LogP contribution in [0.25, 0.3) is 0 Å². The lowest BCUT2D eigenvalue weighted by Gasteiger charge is -2.42. The van der Waals surface area contributed by atoms with Gasteiger partial charge in [-0.3, -0.25) is 0 Å². The van der Waals surface area contributed by atoms with Crippen LogP contribution in [0.3, 0.4) is 0 Å². The zero-order valence-corrected chi connectivity index (χ0v) is 11.0. The first kappa shape index (κ1) is 13.1. The van der Waals surface area contributed by atoms with Gasteiger partial charge in [-0.1, -0.05) is 6.07 Å². The monoisotopic (exact) mass is 283 g/mol. The van der Waals surface area contributed by atoms with Crippen LogP contribution in [0.5, 0.6) is 0 Å². The summed E-state index contributed by atoms with van der Waals surface area (Å²) < 4.78 is 25.5. The molecule has 0 bridgehead atoms. The van der Waals surface area contributed by atoms with Crippen molar-refractivity contribution < 1.29 is 18.7 Å². The number of fused-ring (bicyclic) bond motifs is 3. The van der Waals surface area contributed by atoms with Gasteiger partial charge < -0.3 is 14.9 Å². The summed E-state index contributed by atoms with van der Waals surface area (Å²) in [6.45, 7) is 2.65. The number of aromatic nitrogens is 1. The Kier molecular flexibility index (Phi) is 2.99. The van der Waals surface area contributed by atoms with E-state index in [9.17, 15) is 13.6 Å². The van der Waals surface area contributed by atoms with Crippen LogP contribution in [0, 0.1) is 0 Å². The quantitative estimate of drug-likeness (QED) is 0.858. The minimum atomic E-state index is -2.59. The highest BCUT2D eigenvalue weighted by atomic mass is 19.3.